The van der Waals surface area contributed by atoms with E-state index in [-0.39, 0.29) is 18.5 Å². The maximum Gasteiger partial charge on any atom is 0.305 e. The van der Waals surface area contributed by atoms with Gasteiger partial charge in [-0.15, -0.1) is 0 Å². The van der Waals surface area contributed by atoms with Crippen LogP contribution in [-0.2, 0) is 14.3 Å². The van der Waals surface area contributed by atoms with Crippen molar-refractivity contribution in [3.8, 4) is 0 Å². The highest BCUT2D eigenvalue weighted by molar-refractivity contribution is 5.76. The summed E-state index contributed by atoms with van der Waals surface area (Å²) in [6.07, 6.45) is 79.1. The molecule has 0 aliphatic carbocycles. The van der Waals surface area contributed by atoms with E-state index in [0.717, 1.165) is 51.4 Å². The second kappa shape index (κ2) is 62.6. The van der Waals surface area contributed by atoms with Crippen LogP contribution in [0.1, 0.15) is 354 Å². The Bertz CT molecular complexity index is 1180. The fourth-order valence-electron chi connectivity index (χ4n) is 10.1. The fourth-order valence-corrected chi connectivity index (χ4v) is 10.1. The summed E-state index contributed by atoms with van der Waals surface area (Å²) in [4.78, 5) is 24.6. The fraction of sp³-hybridized carbons (Fsp3) is 0.881. The molecule has 0 fully saturated rings. The second-order valence-electron chi connectivity index (χ2n) is 22.4. The van der Waals surface area contributed by atoms with Crippen LogP contribution in [0, 0.1) is 0 Å². The number of esters is 1. The minimum absolute atomic E-state index is 0.00827. The SMILES string of the molecule is CCCCCCCCC/C=C\CCCCCCCCCC(=O)OCCCCCCCCCCCCCC/C=C\CCCCCCCCCC(=O)NC(CO)C(O)/C=C/CCCCCCCCCCCCCCC. The molecule has 0 spiro atoms. The third-order valence-corrected chi connectivity index (χ3v) is 15.1. The van der Waals surface area contributed by atoms with E-state index in [2.05, 4.69) is 43.5 Å². The van der Waals surface area contributed by atoms with E-state index in [1.54, 1.807) is 6.08 Å². The Morgan fingerprint density at radius 3 is 0.973 bits per heavy atom. The number of hydrogen-bond acceptors (Lipinski definition) is 5. The molecule has 0 saturated heterocycles. The van der Waals surface area contributed by atoms with E-state index in [1.807, 2.05) is 6.08 Å². The molecule has 0 saturated carbocycles. The van der Waals surface area contributed by atoms with Crippen LogP contribution in [0.2, 0.25) is 0 Å². The summed E-state index contributed by atoms with van der Waals surface area (Å²) in [7, 11) is 0. The first-order valence-electron chi connectivity index (χ1n) is 32.8. The predicted octanol–water partition coefficient (Wildman–Crippen LogP) is 20.8. The molecule has 3 N–H and O–H groups in total. The van der Waals surface area contributed by atoms with Crippen LogP contribution in [0.4, 0.5) is 0 Å². The van der Waals surface area contributed by atoms with Crippen molar-refractivity contribution in [2.75, 3.05) is 13.2 Å². The van der Waals surface area contributed by atoms with Crippen LogP contribution < -0.4 is 5.32 Å². The average molecular weight is 1030 g/mol. The first-order chi connectivity index (χ1) is 36.0. The van der Waals surface area contributed by atoms with E-state index < -0.39 is 12.1 Å². The van der Waals surface area contributed by atoms with Crippen LogP contribution in [-0.4, -0.2) is 47.4 Å². The maximum absolute atomic E-state index is 12.5. The van der Waals surface area contributed by atoms with Crippen molar-refractivity contribution in [2.24, 2.45) is 0 Å². The number of allylic oxidation sites excluding steroid dienone is 5. The van der Waals surface area contributed by atoms with Crippen LogP contribution in [0.15, 0.2) is 36.5 Å². The van der Waals surface area contributed by atoms with Crippen molar-refractivity contribution in [2.45, 2.75) is 366 Å². The molecular formula is C67H127NO5. The predicted molar refractivity (Wildman–Crippen MR) is 319 cm³/mol. The van der Waals surface area contributed by atoms with E-state index in [0.29, 0.717) is 19.4 Å². The molecule has 0 heterocycles. The number of amides is 1. The van der Waals surface area contributed by atoms with Gasteiger partial charge in [0.2, 0.25) is 5.91 Å². The summed E-state index contributed by atoms with van der Waals surface area (Å²) >= 11 is 0. The molecule has 6 heteroatoms. The molecule has 0 aliphatic rings. The summed E-state index contributed by atoms with van der Waals surface area (Å²) in [5.41, 5.74) is 0. The van der Waals surface area contributed by atoms with E-state index >= 15 is 0 Å². The first-order valence-corrected chi connectivity index (χ1v) is 32.8. The van der Waals surface area contributed by atoms with Crippen molar-refractivity contribution < 1.29 is 24.5 Å². The molecule has 0 aromatic carbocycles. The third kappa shape index (κ3) is 59.2. The Hall–Kier alpha value is -1.92. The van der Waals surface area contributed by atoms with Gasteiger partial charge >= 0.3 is 5.97 Å². The molecule has 0 aromatic rings. The molecule has 0 aliphatic heterocycles. The number of carbonyl (C=O) groups is 2. The summed E-state index contributed by atoms with van der Waals surface area (Å²) in [5.74, 6) is -0.0647. The van der Waals surface area contributed by atoms with Gasteiger partial charge < -0.3 is 20.3 Å². The lowest BCUT2D eigenvalue weighted by molar-refractivity contribution is -0.143. The Labute approximate surface area is 455 Å². The largest absolute Gasteiger partial charge is 0.466 e. The molecule has 0 rings (SSSR count). The van der Waals surface area contributed by atoms with E-state index in [9.17, 15) is 19.8 Å². The minimum atomic E-state index is -0.848. The van der Waals surface area contributed by atoms with Gasteiger partial charge in [0, 0.05) is 12.8 Å². The molecule has 2 atom stereocenters. The second-order valence-corrected chi connectivity index (χ2v) is 22.4. The number of nitrogens with one attached hydrogen (secondary N) is 1. The Morgan fingerprint density at radius 2 is 0.644 bits per heavy atom. The number of rotatable bonds is 61. The smallest absolute Gasteiger partial charge is 0.305 e. The molecule has 0 radical (unpaired) electrons. The zero-order chi connectivity index (χ0) is 52.9. The summed E-state index contributed by atoms with van der Waals surface area (Å²) in [6, 6.07) is -0.632. The third-order valence-electron chi connectivity index (χ3n) is 15.1. The van der Waals surface area contributed by atoms with Gasteiger partial charge in [0.15, 0.2) is 0 Å². The van der Waals surface area contributed by atoms with Gasteiger partial charge in [0.1, 0.15) is 0 Å². The van der Waals surface area contributed by atoms with Gasteiger partial charge in [-0.05, 0) is 83.5 Å². The van der Waals surface area contributed by atoms with E-state index in [4.69, 9.17) is 4.74 Å². The van der Waals surface area contributed by atoms with Crippen LogP contribution in [0.5, 0.6) is 0 Å². The van der Waals surface area contributed by atoms with E-state index in [1.165, 1.54) is 276 Å². The summed E-state index contributed by atoms with van der Waals surface area (Å²) in [6.45, 7) is 4.91. The first kappa shape index (κ1) is 71.1. The van der Waals surface area contributed by atoms with Gasteiger partial charge in [0.25, 0.3) is 0 Å². The highest BCUT2D eigenvalue weighted by atomic mass is 16.5. The number of aliphatic hydroxyl groups is 2. The zero-order valence-electron chi connectivity index (χ0n) is 49.1. The van der Waals surface area contributed by atoms with Crippen LogP contribution in [0.3, 0.4) is 0 Å². The zero-order valence-corrected chi connectivity index (χ0v) is 49.1. The van der Waals surface area contributed by atoms with Crippen molar-refractivity contribution >= 4 is 11.9 Å². The summed E-state index contributed by atoms with van der Waals surface area (Å²) < 4.78 is 5.50. The number of ether oxygens (including phenoxy) is 1. The number of unbranched alkanes of at least 4 members (excludes halogenated alkanes) is 46. The number of carbonyl (C=O) groups excluding carboxylic acids is 2. The molecule has 1 amide bonds. The monoisotopic (exact) mass is 1030 g/mol. The lowest BCUT2D eigenvalue weighted by Gasteiger charge is -2.20. The summed E-state index contributed by atoms with van der Waals surface area (Å²) in [5, 5.41) is 23.1. The van der Waals surface area contributed by atoms with Crippen molar-refractivity contribution in [1.82, 2.24) is 5.32 Å². The normalized spacial score (nSPS) is 12.8. The van der Waals surface area contributed by atoms with Gasteiger partial charge in [-0.3, -0.25) is 9.59 Å². The van der Waals surface area contributed by atoms with Crippen molar-refractivity contribution in [3.05, 3.63) is 36.5 Å². The molecule has 6 nitrogen and oxygen atoms in total. The molecule has 0 aromatic heterocycles. The lowest BCUT2D eigenvalue weighted by atomic mass is 10.0. The molecular weight excluding hydrogens is 899 g/mol. The molecule has 0 bridgehead atoms. The van der Waals surface area contributed by atoms with Crippen molar-refractivity contribution in [1.29, 1.82) is 0 Å². The standard InChI is InChI=1S/C67H127NO5/c1-3-5-7-9-11-13-15-17-19-20-29-33-37-41-45-49-53-57-61-67(72)73-62-58-54-50-46-42-38-34-30-27-25-23-21-22-24-26-28-32-36-40-44-48-52-56-60-66(71)68-64(63-69)65(70)59-55-51-47-43-39-35-31-18-16-14-12-10-8-6-4-2/h19-20,24,26,55,59,64-65,69-70H,3-18,21-23,25,27-54,56-58,60-63H2,1-2H3,(H,68,71)/b20-19-,26-24-,59-55+. The average Bonchev–Trinajstić information content (AvgIpc) is 3.39. The van der Waals surface area contributed by atoms with Gasteiger partial charge in [0.05, 0.1) is 25.4 Å². The molecule has 430 valence electrons. The van der Waals surface area contributed by atoms with Crippen molar-refractivity contribution in [3.63, 3.8) is 0 Å². The van der Waals surface area contributed by atoms with Gasteiger partial charge in [-0.25, -0.2) is 0 Å². The molecule has 2 unspecified atom stereocenters. The lowest BCUT2D eigenvalue weighted by Crippen LogP contribution is -2.45. The minimum Gasteiger partial charge on any atom is -0.466 e. The maximum atomic E-state index is 12.5. The van der Waals surface area contributed by atoms with Gasteiger partial charge in [-0.1, -0.05) is 294 Å². The highest BCUT2D eigenvalue weighted by Gasteiger charge is 2.18. The van der Waals surface area contributed by atoms with Crippen LogP contribution in [0.25, 0.3) is 0 Å². The topological polar surface area (TPSA) is 95.9 Å². The number of aliphatic hydroxyl groups excluding tert-OH is 2. The Kier molecular flexibility index (Phi) is 61.0. The number of hydrogen-bond donors (Lipinski definition) is 3. The Morgan fingerprint density at radius 1 is 0.370 bits per heavy atom. The molecule has 73 heavy (non-hydrogen) atoms. The van der Waals surface area contributed by atoms with Crippen LogP contribution >= 0.6 is 0 Å². The highest BCUT2D eigenvalue weighted by Crippen LogP contribution is 2.17. The quantitative estimate of drug-likeness (QED) is 0.0320. The Balaban J connectivity index is 3.42. The van der Waals surface area contributed by atoms with Gasteiger partial charge in [-0.2, -0.15) is 0 Å².